The molecule has 0 fully saturated rings. The molecule has 0 aliphatic rings. The monoisotopic (exact) mass is 685 g/mol. The SMILES string of the molecule is CCOc1cc(C=Nn2c(CC)nc3ccc(Br)cc3c2=O)c(Br)c(Cl)c1OCc1ccc(Cl)c(Cl)c1. The summed E-state index contributed by atoms with van der Waals surface area (Å²) in [6.45, 7) is 4.36. The molecule has 0 unspecified atom stereocenters. The maximum absolute atomic E-state index is 13.2. The molecule has 4 aromatic rings. The van der Waals surface area contributed by atoms with Gasteiger partial charge in [0.2, 0.25) is 0 Å². The zero-order valence-corrected chi connectivity index (χ0v) is 25.1. The van der Waals surface area contributed by atoms with Gasteiger partial charge in [-0.05, 0) is 64.8 Å². The Hall–Kier alpha value is -2.10. The number of aromatic nitrogens is 2. The standard InChI is InChI=1S/C26H20Br2Cl3N3O3/c1-3-22-33-20-8-6-16(27)11-17(20)26(35)34(22)32-12-15-10-21(36-4-2)25(24(31)23(15)28)37-13-14-5-7-18(29)19(30)9-14/h5-12H,3-4,13H2,1-2H3. The first-order valence-corrected chi connectivity index (χ1v) is 13.9. The van der Waals surface area contributed by atoms with Gasteiger partial charge in [0.1, 0.15) is 17.5 Å². The van der Waals surface area contributed by atoms with Crippen molar-refractivity contribution in [3.63, 3.8) is 0 Å². The summed E-state index contributed by atoms with van der Waals surface area (Å²) >= 11 is 25.8. The second kappa shape index (κ2) is 12.2. The zero-order valence-electron chi connectivity index (χ0n) is 19.7. The molecule has 0 saturated heterocycles. The molecule has 0 spiro atoms. The molecule has 3 aromatic carbocycles. The van der Waals surface area contributed by atoms with Crippen molar-refractivity contribution >= 4 is 83.8 Å². The Balaban J connectivity index is 1.72. The third-order valence-corrected chi connectivity index (χ3v) is 8.00. The lowest BCUT2D eigenvalue weighted by atomic mass is 10.2. The minimum atomic E-state index is -0.270. The van der Waals surface area contributed by atoms with E-state index in [-0.39, 0.29) is 12.2 Å². The lowest BCUT2D eigenvalue weighted by Crippen LogP contribution is -2.22. The number of aryl methyl sites for hydroxylation is 1. The van der Waals surface area contributed by atoms with Crippen LogP contribution in [0.4, 0.5) is 0 Å². The van der Waals surface area contributed by atoms with E-state index in [4.69, 9.17) is 44.3 Å². The smallest absolute Gasteiger partial charge is 0.282 e. The second-order valence-electron chi connectivity index (χ2n) is 7.80. The van der Waals surface area contributed by atoms with E-state index in [2.05, 4.69) is 41.9 Å². The van der Waals surface area contributed by atoms with Crippen LogP contribution in [0.3, 0.4) is 0 Å². The lowest BCUT2D eigenvalue weighted by Gasteiger charge is -2.16. The average molecular weight is 689 g/mol. The molecule has 0 atom stereocenters. The molecule has 0 bridgehead atoms. The number of rotatable bonds is 8. The Morgan fingerprint density at radius 1 is 1.03 bits per heavy atom. The van der Waals surface area contributed by atoms with Crippen molar-refractivity contribution in [2.75, 3.05) is 6.61 Å². The van der Waals surface area contributed by atoms with Gasteiger partial charge in [0.25, 0.3) is 5.56 Å². The molecule has 0 amide bonds. The van der Waals surface area contributed by atoms with Crippen LogP contribution in [0.1, 0.15) is 30.8 Å². The minimum absolute atomic E-state index is 0.199. The van der Waals surface area contributed by atoms with E-state index in [9.17, 15) is 4.79 Å². The topological polar surface area (TPSA) is 65.7 Å². The van der Waals surface area contributed by atoms with Crippen molar-refractivity contribution in [2.24, 2.45) is 5.10 Å². The minimum Gasteiger partial charge on any atom is -0.490 e. The number of hydrogen-bond acceptors (Lipinski definition) is 5. The van der Waals surface area contributed by atoms with Crippen molar-refractivity contribution in [2.45, 2.75) is 26.9 Å². The normalized spacial score (nSPS) is 11.4. The van der Waals surface area contributed by atoms with Crippen LogP contribution in [0.25, 0.3) is 10.9 Å². The molecule has 0 radical (unpaired) electrons. The number of ether oxygens (including phenoxy) is 2. The second-order valence-corrected chi connectivity index (χ2v) is 10.7. The van der Waals surface area contributed by atoms with Gasteiger partial charge in [-0.1, -0.05) is 63.7 Å². The summed E-state index contributed by atoms with van der Waals surface area (Å²) in [7, 11) is 0. The Kier molecular flexibility index (Phi) is 9.19. The molecule has 37 heavy (non-hydrogen) atoms. The van der Waals surface area contributed by atoms with Gasteiger partial charge >= 0.3 is 0 Å². The van der Waals surface area contributed by atoms with Gasteiger partial charge in [0.15, 0.2) is 11.5 Å². The van der Waals surface area contributed by atoms with Gasteiger partial charge in [-0.2, -0.15) is 9.78 Å². The third kappa shape index (κ3) is 6.15. The molecule has 6 nitrogen and oxygen atoms in total. The third-order valence-electron chi connectivity index (χ3n) is 5.33. The summed E-state index contributed by atoms with van der Waals surface area (Å²) < 4.78 is 14.4. The van der Waals surface area contributed by atoms with E-state index in [0.717, 1.165) is 10.0 Å². The van der Waals surface area contributed by atoms with Crippen LogP contribution in [0, 0.1) is 0 Å². The highest BCUT2D eigenvalue weighted by Crippen LogP contribution is 2.42. The fourth-order valence-corrected chi connectivity index (χ4v) is 4.88. The lowest BCUT2D eigenvalue weighted by molar-refractivity contribution is 0.269. The fourth-order valence-electron chi connectivity index (χ4n) is 3.54. The van der Waals surface area contributed by atoms with E-state index < -0.39 is 0 Å². The molecule has 1 aromatic heterocycles. The molecule has 0 aliphatic carbocycles. The van der Waals surface area contributed by atoms with Gasteiger partial charge in [-0.15, -0.1) is 0 Å². The Bertz CT molecular complexity index is 1570. The Morgan fingerprint density at radius 2 is 1.81 bits per heavy atom. The molecular formula is C26H20Br2Cl3N3O3. The van der Waals surface area contributed by atoms with Gasteiger partial charge < -0.3 is 9.47 Å². The number of hydrogen-bond donors (Lipinski definition) is 0. The maximum Gasteiger partial charge on any atom is 0.282 e. The number of benzene rings is 3. The highest BCUT2D eigenvalue weighted by Gasteiger charge is 2.18. The van der Waals surface area contributed by atoms with Crippen LogP contribution >= 0.6 is 66.7 Å². The van der Waals surface area contributed by atoms with Crippen molar-refractivity contribution in [3.8, 4) is 11.5 Å². The average Bonchev–Trinajstić information content (AvgIpc) is 2.88. The van der Waals surface area contributed by atoms with Crippen LogP contribution in [0.2, 0.25) is 15.1 Å². The largest absolute Gasteiger partial charge is 0.490 e. The Labute approximate surface area is 245 Å². The summed E-state index contributed by atoms with van der Waals surface area (Å²) in [6, 6.07) is 12.4. The van der Waals surface area contributed by atoms with E-state index in [0.29, 0.717) is 66.4 Å². The van der Waals surface area contributed by atoms with Gasteiger partial charge in [-0.25, -0.2) is 4.98 Å². The van der Waals surface area contributed by atoms with Crippen LogP contribution < -0.4 is 15.0 Å². The fraction of sp³-hybridized carbons (Fsp3) is 0.192. The molecule has 1 heterocycles. The van der Waals surface area contributed by atoms with Gasteiger partial charge in [0, 0.05) is 20.9 Å². The number of nitrogens with zero attached hydrogens (tertiary/aromatic N) is 3. The van der Waals surface area contributed by atoms with Gasteiger partial charge in [0.05, 0.1) is 33.8 Å². The van der Waals surface area contributed by atoms with Crippen molar-refractivity contribution in [1.29, 1.82) is 0 Å². The summed E-state index contributed by atoms with van der Waals surface area (Å²) in [4.78, 5) is 17.8. The van der Waals surface area contributed by atoms with E-state index in [1.165, 1.54) is 10.9 Å². The summed E-state index contributed by atoms with van der Waals surface area (Å²) in [5.41, 5.74) is 1.76. The van der Waals surface area contributed by atoms with Crippen molar-refractivity contribution < 1.29 is 9.47 Å². The summed E-state index contributed by atoms with van der Waals surface area (Å²) in [5.74, 6) is 1.33. The van der Waals surface area contributed by atoms with Crippen molar-refractivity contribution in [3.05, 3.63) is 93.8 Å². The molecule has 4 rings (SSSR count). The van der Waals surface area contributed by atoms with Gasteiger partial charge in [-0.3, -0.25) is 4.79 Å². The highest BCUT2D eigenvalue weighted by molar-refractivity contribution is 9.10. The molecule has 0 N–H and O–H groups in total. The predicted octanol–water partition coefficient (Wildman–Crippen LogP) is 8.30. The first-order chi connectivity index (χ1) is 17.7. The van der Waals surface area contributed by atoms with Crippen LogP contribution in [0.15, 0.2) is 61.3 Å². The van der Waals surface area contributed by atoms with Crippen LogP contribution in [-0.2, 0) is 13.0 Å². The molecule has 11 heteroatoms. The van der Waals surface area contributed by atoms with E-state index >= 15 is 0 Å². The summed E-state index contributed by atoms with van der Waals surface area (Å²) in [5, 5.41) is 6.12. The van der Waals surface area contributed by atoms with E-state index in [1.54, 1.807) is 30.3 Å². The first-order valence-electron chi connectivity index (χ1n) is 11.2. The van der Waals surface area contributed by atoms with Crippen LogP contribution in [0.5, 0.6) is 11.5 Å². The summed E-state index contributed by atoms with van der Waals surface area (Å²) in [6.07, 6.45) is 2.06. The molecule has 192 valence electrons. The quantitative estimate of drug-likeness (QED) is 0.175. The number of halogens is 5. The van der Waals surface area contributed by atoms with E-state index in [1.807, 2.05) is 26.0 Å². The first kappa shape index (κ1) is 27.9. The molecular weight excluding hydrogens is 668 g/mol. The predicted molar refractivity (Wildman–Crippen MR) is 157 cm³/mol. The number of fused-ring (bicyclic) bond motifs is 1. The van der Waals surface area contributed by atoms with Crippen molar-refractivity contribution in [1.82, 2.24) is 9.66 Å². The molecule has 0 saturated carbocycles. The Morgan fingerprint density at radius 3 is 2.51 bits per heavy atom. The molecule has 0 aliphatic heterocycles. The van der Waals surface area contributed by atoms with Crippen LogP contribution in [-0.4, -0.2) is 22.5 Å². The highest BCUT2D eigenvalue weighted by atomic mass is 79.9. The maximum atomic E-state index is 13.2. The zero-order chi connectivity index (χ0) is 26.7.